The van der Waals surface area contributed by atoms with Crippen LogP contribution in [0, 0.1) is 12.7 Å². The maximum absolute atomic E-state index is 13.5. The molecular formula is C19H21FN4O. The highest BCUT2D eigenvalue weighted by molar-refractivity contribution is 5.76. The molecule has 0 unspecified atom stereocenters. The molecule has 0 atom stereocenters. The van der Waals surface area contributed by atoms with Crippen LogP contribution < -0.4 is 5.32 Å². The number of aromatic nitrogens is 3. The van der Waals surface area contributed by atoms with E-state index >= 15 is 0 Å². The van der Waals surface area contributed by atoms with E-state index in [1.54, 1.807) is 22.7 Å². The van der Waals surface area contributed by atoms with Gasteiger partial charge in [-0.3, -0.25) is 4.79 Å². The number of fused-ring (bicyclic) bond motifs is 1. The minimum atomic E-state index is -0.257. The smallest absolute Gasteiger partial charge is 0.220 e. The molecule has 0 aliphatic rings. The molecule has 1 N–H and O–H groups in total. The molecule has 0 bridgehead atoms. The molecule has 0 saturated heterocycles. The fourth-order valence-corrected chi connectivity index (χ4v) is 2.72. The van der Waals surface area contributed by atoms with Gasteiger partial charge in [-0.2, -0.15) is 5.10 Å². The monoisotopic (exact) mass is 340 g/mol. The van der Waals surface area contributed by atoms with Crippen molar-refractivity contribution in [2.24, 2.45) is 0 Å². The van der Waals surface area contributed by atoms with E-state index in [2.05, 4.69) is 15.4 Å². The van der Waals surface area contributed by atoms with Crippen molar-refractivity contribution in [2.45, 2.75) is 32.6 Å². The van der Waals surface area contributed by atoms with Gasteiger partial charge in [0.2, 0.25) is 5.91 Å². The predicted molar refractivity (Wildman–Crippen MR) is 93.8 cm³/mol. The van der Waals surface area contributed by atoms with Crippen molar-refractivity contribution in [2.75, 3.05) is 6.54 Å². The number of benzene rings is 1. The number of carbonyl (C=O) groups excluding carboxylic acids is 1. The summed E-state index contributed by atoms with van der Waals surface area (Å²) in [7, 11) is 0. The molecule has 0 radical (unpaired) electrons. The van der Waals surface area contributed by atoms with Gasteiger partial charge in [-0.25, -0.2) is 13.9 Å². The lowest BCUT2D eigenvalue weighted by Gasteiger charge is -2.06. The Morgan fingerprint density at radius 1 is 1.28 bits per heavy atom. The van der Waals surface area contributed by atoms with Crippen LogP contribution in [0.15, 0.2) is 42.7 Å². The summed E-state index contributed by atoms with van der Waals surface area (Å²) in [5.74, 6) is -0.313. The van der Waals surface area contributed by atoms with Gasteiger partial charge in [-0.05, 0) is 43.4 Å². The van der Waals surface area contributed by atoms with Gasteiger partial charge in [0.15, 0.2) is 5.65 Å². The second-order valence-electron chi connectivity index (χ2n) is 6.10. The maximum Gasteiger partial charge on any atom is 0.220 e. The maximum atomic E-state index is 13.5. The lowest BCUT2D eigenvalue weighted by Crippen LogP contribution is -2.25. The van der Waals surface area contributed by atoms with Crippen LogP contribution in [0.3, 0.4) is 0 Å². The summed E-state index contributed by atoms with van der Waals surface area (Å²) in [6.45, 7) is 2.53. The van der Waals surface area contributed by atoms with E-state index in [4.69, 9.17) is 0 Å². The molecule has 0 aliphatic carbocycles. The standard InChI is InChI=1S/C19H21FN4O/c1-14-11-18-22-12-15(13-24(18)23-14)5-4-10-21-19(25)9-8-16-6-2-3-7-17(16)20/h2-3,6-7,11-13H,4-5,8-10H2,1H3,(H,21,25). The molecule has 3 aromatic rings. The van der Waals surface area contributed by atoms with Crippen molar-refractivity contribution in [3.8, 4) is 0 Å². The Morgan fingerprint density at radius 2 is 2.12 bits per heavy atom. The van der Waals surface area contributed by atoms with Gasteiger partial charge in [0, 0.05) is 31.4 Å². The second-order valence-corrected chi connectivity index (χ2v) is 6.10. The van der Waals surface area contributed by atoms with Crippen molar-refractivity contribution >= 4 is 11.6 Å². The third-order valence-electron chi connectivity index (χ3n) is 4.03. The largest absolute Gasteiger partial charge is 0.356 e. The van der Waals surface area contributed by atoms with Crippen LogP contribution in [-0.4, -0.2) is 27.0 Å². The van der Waals surface area contributed by atoms with E-state index in [9.17, 15) is 9.18 Å². The molecule has 2 heterocycles. The van der Waals surface area contributed by atoms with Gasteiger partial charge in [0.25, 0.3) is 0 Å². The number of carbonyl (C=O) groups is 1. The Hall–Kier alpha value is -2.76. The Labute approximate surface area is 145 Å². The lowest BCUT2D eigenvalue weighted by atomic mass is 10.1. The highest BCUT2D eigenvalue weighted by Crippen LogP contribution is 2.09. The number of hydrogen-bond acceptors (Lipinski definition) is 3. The number of nitrogens with zero attached hydrogens (tertiary/aromatic N) is 3. The van der Waals surface area contributed by atoms with E-state index in [1.807, 2.05) is 25.4 Å². The zero-order valence-electron chi connectivity index (χ0n) is 14.2. The van der Waals surface area contributed by atoms with Crippen molar-refractivity contribution < 1.29 is 9.18 Å². The molecule has 5 nitrogen and oxygen atoms in total. The topological polar surface area (TPSA) is 59.3 Å². The van der Waals surface area contributed by atoms with Crippen LogP contribution in [0.2, 0.25) is 0 Å². The lowest BCUT2D eigenvalue weighted by molar-refractivity contribution is -0.121. The van der Waals surface area contributed by atoms with E-state index in [1.165, 1.54) is 6.07 Å². The molecule has 0 spiro atoms. The molecule has 0 fully saturated rings. The Bertz CT molecular complexity index is 875. The molecule has 0 saturated carbocycles. The normalized spacial score (nSPS) is 11.0. The molecule has 130 valence electrons. The van der Waals surface area contributed by atoms with E-state index in [0.29, 0.717) is 24.9 Å². The summed E-state index contributed by atoms with van der Waals surface area (Å²) in [6, 6.07) is 8.49. The van der Waals surface area contributed by atoms with Crippen molar-refractivity contribution in [3.63, 3.8) is 0 Å². The van der Waals surface area contributed by atoms with E-state index in [0.717, 1.165) is 29.7 Å². The second kappa shape index (κ2) is 7.88. The number of aryl methyl sites for hydroxylation is 3. The Balaban J connectivity index is 1.40. The van der Waals surface area contributed by atoms with Crippen LogP contribution in [-0.2, 0) is 17.6 Å². The van der Waals surface area contributed by atoms with Crippen LogP contribution >= 0.6 is 0 Å². The van der Waals surface area contributed by atoms with Gasteiger partial charge < -0.3 is 5.32 Å². The molecule has 1 aromatic carbocycles. The zero-order valence-corrected chi connectivity index (χ0v) is 14.2. The zero-order chi connectivity index (χ0) is 17.6. The van der Waals surface area contributed by atoms with Crippen molar-refractivity contribution in [1.82, 2.24) is 19.9 Å². The number of halogens is 1. The van der Waals surface area contributed by atoms with Crippen molar-refractivity contribution in [1.29, 1.82) is 0 Å². The first-order chi connectivity index (χ1) is 12.1. The fraction of sp³-hybridized carbons (Fsp3) is 0.316. The van der Waals surface area contributed by atoms with E-state index < -0.39 is 0 Å². The quantitative estimate of drug-likeness (QED) is 0.673. The summed E-state index contributed by atoms with van der Waals surface area (Å²) in [6.07, 6.45) is 6.15. The minimum absolute atomic E-state index is 0.0560. The summed E-state index contributed by atoms with van der Waals surface area (Å²) in [5.41, 5.74) is 3.43. The molecule has 6 heteroatoms. The molecule has 1 amide bonds. The van der Waals surface area contributed by atoms with Gasteiger partial charge in [0.1, 0.15) is 5.82 Å². The molecular weight excluding hydrogens is 319 g/mol. The van der Waals surface area contributed by atoms with Crippen LogP contribution in [0.5, 0.6) is 0 Å². The molecule has 25 heavy (non-hydrogen) atoms. The van der Waals surface area contributed by atoms with Gasteiger partial charge in [-0.15, -0.1) is 0 Å². The number of rotatable bonds is 7. The van der Waals surface area contributed by atoms with Crippen molar-refractivity contribution in [3.05, 3.63) is 65.4 Å². The SMILES string of the molecule is Cc1cc2ncc(CCCNC(=O)CCc3ccccc3F)cn2n1. The highest BCUT2D eigenvalue weighted by atomic mass is 19.1. The average Bonchev–Trinajstić information content (AvgIpc) is 2.97. The van der Waals surface area contributed by atoms with Gasteiger partial charge >= 0.3 is 0 Å². The van der Waals surface area contributed by atoms with E-state index in [-0.39, 0.29) is 11.7 Å². The highest BCUT2D eigenvalue weighted by Gasteiger charge is 2.06. The first-order valence-corrected chi connectivity index (χ1v) is 8.43. The minimum Gasteiger partial charge on any atom is -0.356 e. The molecule has 0 aliphatic heterocycles. The Morgan fingerprint density at radius 3 is 2.96 bits per heavy atom. The first-order valence-electron chi connectivity index (χ1n) is 8.43. The summed E-state index contributed by atoms with van der Waals surface area (Å²) < 4.78 is 15.3. The predicted octanol–water partition coefficient (Wildman–Crippen LogP) is 2.86. The third kappa shape index (κ3) is 4.62. The number of nitrogens with one attached hydrogen (secondary N) is 1. The van der Waals surface area contributed by atoms with Gasteiger partial charge in [-0.1, -0.05) is 18.2 Å². The summed E-state index contributed by atoms with van der Waals surface area (Å²) in [5, 5.41) is 7.22. The molecule has 2 aromatic heterocycles. The number of amides is 1. The number of hydrogen-bond donors (Lipinski definition) is 1. The van der Waals surface area contributed by atoms with Gasteiger partial charge in [0.05, 0.1) is 5.69 Å². The summed E-state index contributed by atoms with van der Waals surface area (Å²) in [4.78, 5) is 16.2. The molecule has 3 rings (SSSR count). The first kappa shape index (κ1) is 17.1. The summed E-state index contributed by atoms with van der Waals surface area (Å²) >= 11 is 0. The van der Waals surface area contributed by atoms with Crippen LogP contribution in [0.4, 0.5) is 4.39 Å². The third-order valence-corrected chi connectivity index (χ3v) is 4.03. The van der Waals surface area contributed by atoms with Crippen LogP contribution in [0.25, 0.3) is 5.65 Å². The fourth-order valence-electron chi connectivity index (χ4n) is 2.72. The van der Waals surface area contributed by atoms with Crippen LogP contribution in [0.1, 0.15) is 29.7 Å². The Kier molecular flexibility index (Phi) is 5.38. The average molecular weight is 340 g/mol.